The van der Waals surface area contributed by atoms with Crippen LogP contribution in [0.25, 0.3) is 10.9 Å². The summed E-state index contributed by atoms with van der Waals surface area (Å²) in [5.74, 6) is 0.908. The van der Waals surface area contributed by atoms with E-state index >= 15 is 0 Å². The highest BCUT2D eigenvalue weighted by Gasteiger charge is 2.42. The molecule has 0 bridgehead atoms. The highest BCUT2D eigenvalue weighted by Crippen LogP contribution is 2.45. The Bertz CT molecular complexity index is 1310. The van der Waals surface area contributed by atoms with Gasteiger partial charge < -0.3 is 4.74 Å². The molecule has 6 nitrogen and oxygen atoms in total. The summed E-state index contributed by atoms with van der Waals surface area (Å²) in [5.41, 5.74) is 3.32. The van der Waals surface area contributed by atoms with E-state index in [2.05, 4.69) is 4.90 Å². The van der Waals surface area contributed by atoms with Gasteiger partial charge in [0.2, 0.25) is 0 Å². The number of carbonyl (C=O) groups is 1. The van der Waals surface area contributed by atoms with Gasteiger partial charge in [-0.2, -0.15) is 0 Å². The number of fused-ring (bicyclic) bond motifs is 5. The number of hydrogen-bond donors (Lipinski definition) is 0. The van der Waals surface area contributed by atoms with Gasteiger partial charge in [-0.3, -0.25) is 9.69 Å². The van der Waals surface area contributed by atoms with Crippen molar-refractivity contribution in [3.63, 3.8) is 0 Å². The molecular weight excluding hydrogens is 424 g/mol. The van der Waals surface area contributed by atoms with Gasteiger partial charge in [-0.1, -0.05) is 30.7 Å². The van der Waals surface area contributed by atoms with Crippen molar-refractivity contribution in [2.75, 3.05) is 20.2 Å². The van der Waals surface area contributed by atoms with E-state index in [1.165, 1.54) is 3.97 Å². The zero-order valence-electron chi connectivity index (χ0n) is 18.7. The van der Waals surface area contributed by atoms with Crippen molar-refractivity contribution in [1.29, 1.82) is 0 Å². The Hall–Kier alpha value is -2.64. The van der Waals surface area contributed by atoms with Gasteiger partial charge in [-0.05, 0) is 49.6 Å². The molecule has 7 heteroatoms. The van der Waals surface area contributed by atoms with Gasteiger partial charge in [-0.25, -0.2) is 12.4 Å². The fourth-order valence-electron chi connectivity index (χ4n) is 5.33. The van der Waals surface area contributed by atoms with Crippen LogP contribution in [0.3, 0.4) is 0 Å². The van der Waals surface area contributed by atoms with Crippen molar-refractivity contribution in [2.24, 2.45) is 5.92 Å². The molecule has 2 atom stereocenters. The second kappa shape index (κ2) is 7.74. The van der Waals surface area contributed by atoms with Crippen molar-refractivity contribution in [3.8, 4) is 5.75 Å². The predicted molar refractivity (Wildman–Crippen MR) is 124 cm³/mol. The first-order valence-corrected chi connectivity index (χ1v) is 12.6. The summed E-state index contributed by atoms with van der Waals surface area (Å²) in [7, 11) is -2.26. The molecule has 1 saturated heterocycles. The molecule has 3 aromatic rings. The summed E-state index contributed by atoms with van der Waals surface area (Å²) in [6.45, 7) is 5.47. The minimum Gasteiger partial charge on any atom is -0.496 e. The van der Waals surface area contributed by atoms with Crippen molar-refractivity contribution in [1.82, 2.24) is 8.87 Å². The smallest absolute Gasteiger partial charge is 0.268 e. The van der Waals surface area contributed by atoms with Crippen LogP contribution in [0.15, 0.2) is 47.4 Å². The average Bonchev–Trinajstić information content (AvgIpc) is 3.14. The lowest BCUT2D eigenvalue weighted by atomic mass is 9.84. The number of methoxy groups -OCH3 is 1. The molecule has 0 N–H and O–H groups in total. The highest BCUT2D eigenvalue weighted by atomic mass is 32.2. The third kappa shape index (κ3) is 3.10. The van der Waals surface area contributed by atoms with Gasteiger partial charge in [0.05, 0.1) is 29.3 Å². The van der Waals surface area contributed by atoms with E-state index in [1.807, 2.05) is 44.2 Å². The Labute approximate surface area is 188 Å². The van der Waals surface area contributed by atoms with Crippen molar-refractivity contribution in [3.05, 3.63) is 59.3 Å². The molecule has 2 aliphatic rings. The van der Waals surface area contributed by atoms with E-state index < -0.39 is 10.0 Å². The molecule has 0 saturated carbocycles. The van der Waals surface area contributed by atoms with Crippen LogP contribution in [0.2, 0.25) is 0 Å². The maximum atomic E-state index is 14.0. The van der Waals surface area contributed by atoms with Gasteiger partial charge in [0.25, 0.3) is 10.0 Å². The molecular formula is C25H28N2O4S. The van der Waals surface area contributed by atoms with Crippen LogP contribution >= 0.6 is 0 Å². The van der Waals surface area contributed by atoms with E-state index in [1.54, 1.807) is 19.2 Å². The minimum atomic E-state index is -3.87. The predicted octanol–water partition coefficient (Wildman–Crippen LogP) is 4.09. The Morgan fingerprint density at radius 3 is 2.56 bits per heavy atom. The largest absolute Gasteiger partial charge is 0.496 e. The summed E-state index contributed by atoms with van der Waals surface area (Å²) in [4.78, 5) is 15.4. The second-order valence-corrected chi connectivity index (χ2v) is 10.6. The number of ketones is 1. The van der Waals surface area contributed by atoms with Crippen molar-refractivity contribution < 1.29 is 17.9 Å². The lowest BCUT2D eigenvalue weighted by Gasteiger charge is -2.42. The zero-order valence-corrected chi connectivity index (χ0v) is 19.5. The highest BCUT2D eigenvalue weighted by molar-refractivity contribution is 7.90. The first-order chi connectivity index (χ1) is 15.4. The molecule has 1 aromatic heterocycles. The normalized spacial score (nSPS) is 21.4. The molecule has 168 valence electrons. The van der Waals surface area contributed by atoms with E-state index in [0.717, 1.165) is 41.6 Å². The molecule has 3 heterocycles. The summed E-state index contributed by atoms with van der Waals surface area (Å²) < 4.78 is 35.1. The van der Waals surface area contributed by atoms with Crippen LogP contribution in [0.4, 0.5) is 0 Å². The van der Waals surface area contributed by atoms with E-state index in [0.29, 0.717) is 24.2 Å². The SMILES string of the molecule is CC[C@@H]1CN2CCc3c(n(S(=O)(=O)c4ccc(C)cc4)c4cccc(OC)c34)[C@H]2CC1=O. The number of ether oxygens (including phenoxy) is 1. The molecule has 1 fully saturated rings. The molecule has 2 aliphatic heterocycles. The van der Waals surface area contributed by atoms with Gasteiger partial charge >= 0.3 is 0 Å². The fraction of sp³-hybridized carbons (Fsp3) is 0.400. The Kier molecular flexibility index (Phi) is 5.13. The number of benzene rings is 2. The maximum absolute atomic E-state index is 14.0. The minimum absolute atomic E-state index is 0.0221. The molecule has 0 spiro atoms. The monoisotopic (exact) mass is 452 g/mol. The Morgan fingerprint density at radius 1 is 1.12 bits per heavy atom. The molecule has 0 aliphatic carbocycles. The topological polar surface area (TPSA) is 68.6 Å². The van der Waals surface area contributed by atoms with Crippen LogP contribution < -0.4 is 4.74 Å². The van der Waals surface area contributed by atoms with Crippen LogP contribution in [0.5, 0.6) is 5.75 Å². The Balaban J connectivity index is 1.80. The van der Waals surface area contributed by atoms with Crippen LogP contribution in [-0.4, -0.2) is 43.3 Å². The van der Waals surface area contributed by atoms with E-state index in [-0.39, 0.29) is 22.6 Å². The number of aromatic nitrogens is 1. The number of rotatable bonds is 4. The summed E-state index contributed by atoms with van der Waals surface area (Å²) in [6, 6.07) is 12.2. The molecule has 2 aromatic carbocycles. The van der Waals surface area contributed by atoms with Crippen LogP contribution in [0.1, 0.15) is 42.6 Å². The quantitative estimate of drug-likeness (QED) is 0.596. The number of hydrogen-bond acceptors (Lipinski definition) is 5. The third-order valence-electron chi connectivity index (χ3n) is 7.03. The van der Waals surface area contributed by atoms with Crippen molar-refractivity contribution in [2.45, 2.75) is 44.0 Å². The van der Waals surface area contributed by atoms with Crippen LogP contribution in [-0.2, 0) is 21.2 Å². The molecule has 0 radical (unpaired) electrons. The van der Waals surface area contributed by atoms with Crippen LogP contribution in [0, 0.1) is 12.8 Å². The molecule has 5 rings (SSSR count). The first kappa shape index (κ1) is 21.2. The number of nitrogens with zero attached hydrogens (tertiary/aromatic N) is 2. The number of carbonyl (C=O) groups excluding carboxylic acids is 1. The maximum Gasteiger partial charge on any atom is 0.268 e. The second-order valence-electron chi connectivity index (χ2n) is 8.84. The number of piperidine rings is 1. The van der Waals surface area contributed by atoms with Crippen molar-refractivity contribution >= 4 is 26.7 Å². The average molecular weight is 453 g/mol. The molecule has 32 heavy (non-hydrogen) atoms. The molecule has 0 unspecified atom stereocenters. The Morgan fingerprint density at radius 2 is 1.88 bits per heavy atom. The first-order valence-electron chi connectivity index (χ1n) is 11.2. The lowest BCUT2D eigenvalue weighted by molar-refractivity contribution is -0.129. The number of aryl methyl sites for hydroxylation is 1. The van der Waals surface area contributed by atoms with Gasteiger partial charge in [0, 0.05) is 30.8 Å². The summed E-state index contributed by atoms with van der Waals surface area (Å²) in [6.07, 6.45) is 1.88. The van der Waals surface area contributed by atoms with E-state index in [4.69, 9.17) is 4.74 Å². The molecule has 0 amide bonds. The standard InChI is InChI=1S/C25H28N2O4S/c1-4-17-15-26-13-12-19-24-20(6-5-7-23(24)31-3)27(25(19)21(26)14-22(17)28)32(29,30)18-10-8-16(2)9-11-18/h5-11,17,21H,4,12-15H2,1-3H3/t17-,21-/m1/s1. The summed E-state index contributed by atoms with van der Waals surface area (Å²) in [5, 5.41) is 0.838. The van der Waals surface area contributed by atoms with Gasteiger partial charge in [-0.15, -0.1) is 0 Å². The zero-order chi connectivity index (χ0) is 22.6. The fourth-order valence-corrected chi connectivity index (χ4v) is 6.93. The van der Waals surface area contributed by atoms with Gasteiger partial charge in [0.15, 0.2) is 0 Å². The number of Topliss-reactive ketones (excluding diaryl/α,β-unsaturated/α-hetero) is 1. The summed E-state index contributed by atoms with van der Waals surface area (Å²) >= 11 is 0. The van der Waals surface area contributed by atoms with Gasteiger partial charge in [0.1, 0.15) is 11.5 Å². The lowest BCUT2D eigenvalue weighted by Crippen LogP contribution is -2.47. The van der Waals surface area contributed by atoms with E-state index in [9.17, 15) is 13.2 Å². The third-order valence-corrected chi connectivity index (χ3v) is 8.78.